The van der Waals surface area contributed by atoms with Crippen molar-refractivity contribution in [2.24, 2.45) is 0 Å². The van der Waals surface area contributed by atoms with Crippen LogP contribution in [0, 0.1) is 5.82 Å². The highest BCUT2D eigenvalue weighted by Crippen LogP contribution is 2.19. The van der Waals surface area contributed by atoms with Crippen LogP contribution in [0.2, 0.25) is 0 Å². The summed E-state index contributed by atoms with van der Waals surface area (Å²) < 4.78 is 13.3. The molecule has 0 atom stereocenters. The summed E-state index contributed by atoms with van der Waals surface area (Å²) >= 11 is 3.05. The second kappa shape index (κ2) is 4.93. The van der Waals surface area contributed by atoms with E-state index in [0.717, 1.165) is 12.8 Å². The summed E-state index contributed by atoms with van der Waals surface area (Å²) in [6, 6.07) is 4.19. The lowest BCUT2D eigenvalue weighted by molar-refractivity contribution is -0.144. The van der Waals surface area contributed by atoms with Crippen LogP contribution in [0.1, 0.15) is 23.2 Å². The molecule has 1 aliphatic heterocycles. The van der Waals surface area contributed by atoms with Gasteiger partial charge in [-0.15, -0.1) is 0 Å². The first-order chi connectivity index (χ1) is 7.68. The molecule has 5 heteroatoms. The van der Waals surface area contributed by atoms with Gasteiger partial charge in [-0.25, -0.2) is 9.45 Å². The summed E-state index contributed by atoms with van der Waals surface area (Å²) in [7, 11) is 0. The van der Waals surface area contributed by atoms with Gasteiger partial charge in [0.1, 0.15) is 5.82 Å². The molecule has 0 bridgehead atoms. The Kier molecular flexibility index (Phi) is 3.56. The summed E-state index contributed by atoms with van der Waals surface area (Å²) in [5.74, 6) is -0.600. The van der Waals surface area contributed by atoms with Gasteiger partial charge in [-0.1, -0.05) is 0 Å². The third-order valence-electron chi connectivity index (χ3n) is 2.40. The minimum absolute atomic E-state index is 0.222. The predicted octanol–water partition coefficient (Wildman–Crippen LogP) is 2.76. The van der Waals surface area contributed by atoms with Gasteiger partial charge in [0.15, 0.2) is 0 Å². The van der Waals surface area contributed by atoms with E-state index in [2.05, 4.69) is 15.9 Å². The fraction of sp³-hybridized carbons (Fsp3) is 0.364. The van der Waals surface area contributed by atoms with Gasteiger partial charge in [-0.3, -0.25) is 9.63 Å². The first kappa shape index (κ1) is 11.5. The van der Waals surface area contributed by atoms with Crippen molar-refractivity contribution < 1.29 is 14.0 Å². The smallest absolute Gasteiger partial charge is 0.271 e. The lowest BCUT2D eigenvalue weighted by Crippen LogP contribution is -2.35. The number of hydrogen-bond acceptors (Lipinski definition) is 2. The quantitative estimate of drug-likeness (QED) is 0.795. The number of benzene rings is 1. The molecule has 1 amide bonds. The number of halogens is 2. The molecule has 1 aliphatic rings. The average molecular weight is 288 g/mol. The number of rotatable bonds is 1. The van der Waals surface area contributed by atoms with Crippen LogP contribution < -0.4 is 0 Å². The summed E-state index contributed by atoms with van der Waals surface area (Å²) in [5, 5.41) is 1.34. The highest BCUT2D eigenvalue weighted by Gasteiger charge is 2.19. The number of carbonyl (C=O) groups excluding carboxylic acids is 1. The molecule has 1 aromatic rings. The Morgan fingerprint density at radius 2 is 2.25 bits per heavy atom. The molecule has 2 rings (SSSR count). The largest absolute Gasteiger partial charge is 0.277 e. The molecule has 0 unspecified atom stereocenters. The fourth-order valence-electron chi connectivity index (χ4n) is 1.53. The van der Waals surface area contributed by atoms with Crippen LogP contribution >= 0.6 is 15.9 Å². The molecule has 0 saturated carbocycles. The number of amides is 1. The van der Waals surface area contributed by atoms with Gasteiger partial charge in [-0.2, -0.15) is 0 Å². The van der Waals surface area contributed by atoms with Crippen LogP contribution in [0.5, 0.6) is 0 Å². The zero-order valence-electron chi connectivity index (χ0n) is 8.58. The van der Waals surface area contributed by atoms with Gasteiger partial charge in [0.05, 0.1) is 11.1 Å². The minimum Gasteiger partial charge on any atom is -0.271 e. The van der Waals surface area contributed by atoms with Gasteiger partial charge in [-0.05, 0) is 47.0 Å². The summed E-state index contributed by atoms with van der Waals surface area (Å²) in [6.07, 6.45) is 1.91. The van der Waals surface area contributed by atoms with Crippen molar-refractivity contribution in [3.8, 4) is 0 Å². The molecule has 16 heavy (non-hydrogen) atoms. The Bertz CT molecular complexity index is 405. The molecule has 1 saturated heterocycles. The maximum atomic E-state index is 13.0. The number of hydrogen-bond donors (Lipinski definition) is 0. The molecular weight excluding hydrogens is 277 g/mol. The van der Waals surface area contributed by atoms with Gasteiger partial charge in [0, 0.05) is 12.1 Å². The number of hydroxylamine groups is 2. The molecule has 0 aliphatic carbocycles. The zero-order valence-corrected chi connectivity index (χ0v) is 10.2. The second-order valence-electron chi connectivity index (χ2n) is 3.58. The SMILES string of the molecule is O=C(c1ccc(F)c(Br)c1)N1CCCCO1. The van der Waals surface area contributed by atoms with Gasteiger partial charge in [0.2, 0.25) is 0 Å². The van der Waals surface area contributed by atoms with E-state index in [1.165, 1.54) is 23.3 Å². The predicted molar refractivity (Wildman–Crippen MR) is 60.3 cm³/mol. The lowest BCUT2D eigenvalue weighted by Gasteiger charge is -2.25. The third kappa shape index (κ3) is 2.41. The van der Waals surface area contributed by atoms with E-state index in [4.69, 9.17) is 4.84 Å². The molecule has 0 aromatic heterocycles. The zero-order chi connectivity index (χ0) is 11.5. The topological polar surface area (TPSA) is 29.5 Å². The van der Waals surface area contributed by atoms with Crippen molar-refractivity contribution in [1.29, 1.82) is 0 Å². The van der Waals surface area contributed by atoms with E-state index in [9.17, 15) is 9.18 Å². The Hall–Kier alpha value is -0.940. The van der Waals surface area contributed by atoms with E-state index >= 15 is 0 Å². The van der Waals surface area contributed by atoms with Crippen molar-refractivity contribution in [2.45, 2.75) is 12.8 Å². The van der Waals surface area contributed by atoms with Gasteiger partial charge >= 0.3 is 0 Å². The van der Waals surface area contributed by atoms with E-state index in [1.54, 1.807) is 0 Å². The van der Waals surface area contributed by atoms with Crippen LogP contribution in [-0.4, -0.2) is 24.1 Å². The minimum atomic E-state index is -0.379. The Balaban J connectivity index is 2.16. The highest BCUT2D eigenvalue weighted by molar-refractivity contribution is 9.10. The molecular formula is C11H11BrFNO2. The summed E-state index contributed by atoms with van der Waals surface area (Å²) in [5.41, 5.74) is 0.426. The standard InChI is InChI=1S/C11H11BrFNO2/c12-9-7-8(3-4-10(9)13)11(15)14-5-1-2-6-16-14/h3-4,7H,1-2,5-6H2. The van der Waals surface area contributed by atoms with E-state index in [0.29, 0.717) is 18.7 Å². The summed E-state index contributed by atoms with van der Waals surface area (Å²) in [4.78, 5) is 17.2. The van der Waals surface area contributed by atoms with Crippen LogP contribution in [0.4, 0.5) is 4.39 Å². The lowest BCUT2D eigenvalue weighted by atomic mass is 10.2. The molecule has 0 spiro atoms. The van der Waals surface area contributed by atoms with Gasteiger partial charge in [0.25, 0.3) is 5.91 Å². The summed E-state index contributed by atoms with van der Waals surface area (Å²) in [6.45, 7) is 1.15. The van der Waals surface area contributed by atoms with E-state index < -0.39 is 0 Å². The van der Waals surface area contributed by atoms with Crippen molar-refractivity contribution in [1.82, 2.24) is 5.06 Å². The molecule has 1 aromatic carbocycles. The van der Waals surface area contributed by atoms with Crippen molar-refractivity contribution >= 4 is 21.8 Å². The number of nitrogens with zero attached hydrogens (tertiary/aromatic N) is 1. The maximum Gasteiger partial charge on any atom is 0.277 e. The van der Waals surface area contributed by atoms with Crippen LogP contribution in [0.25, 0.3) is 0 Å². The van der Waals surface area contributed by atoms with Crippen molar-refractivity contribution in [3.05, 3.63) is 34.1 Å². The van der Waals surface area contributed by atoms with Crippen LogP contribution in [0.3, 0.4) is 0 Å². The maximum absolute atomic E-state index is 13.0. The van der Waals surface area contributed by atoms with Crippen molar-refractivity contribution in [2.75, 3.05) is 13.2 Å². The highest BCUT2D eigenvalue weighted by atomic mass is 79.9. The normalized spacial score (nSPS) is 16.2. The first-order valence-electron chi connectivity index (χ1n) is 5.08. The monoisotopic (exact) mass is 287 g/mol. The molecule has 0 radical (unpaired) electrons. The van der Waals surface area contributed by atoms with E-state index in [-0.39, 0.29) is 16.2 Å². The van der Waals surface area contributed by atoms with E-state index in [1.807, 2.05) is 0 Å². The Labute approximate surface area is 101 Å². The molecule has 3 nitrogen and oxygen atoms in total. The molecule has 0 N–H and O–H groups in total. The van der Waals surface area contributed by atoms with Crippen LogP contribution in [-0.2, 0) is 4.84 Å². The fourth-order valence-corrected chi connectivity index (χ4v) is 1.91. The molecule has 1 heterocycles. The second-order valence-corrected chi connectivity index (χ2v) is 4.43. The average Bonchev–Trinajstić information content (AvgIpc) is 2.33. The van der Waals surface area contributed by atoms with Crippen LogP contribution in [0.15, 0.2) is 22.7 Å². The Morgan fingerprint density at radius 1 is 1.44 bits per heavy atom. The van der Waals surface area contributed by atoms with Gasteiger partial charge < -0.3 is 0 Å². The Morgan fingerprint density at radius 3 is 2.88 bits per heavy atom. The number of carbonyl (C=O) groups is 1. The molecule has 86 valence electrons. The third-order valence-corrected chi connectivity index (χ3v) is 3.00. The first-order valence-corrected chi connectivity index (χ1v) is 5.87. The molecule has 1 fully saturated rings. The van der Waals surface area contributed by atoms with Crippen molar-refractivity contribution in [3.63, 3.8) is 0 Å².